The normalized spacial score (nSPS) is 12.9. The summed E-state index contributed by atoms with van der Waals surface area (Å²) in [4.78, 5) is 23.6. The average molecular weight is 360 g/mol. The van der Waals surface area contributed by atoms with Gasteiger partial charge in [0, 0.05) is 23.4 Å². The van der Waals surface area contributed by atoms with E-state index in [1.54, 1.807) is 22.9 Å². The number of para-hydroxylation sites is 1. The molecule has 0 radical (unpaired) electrons. The molecule has 1 aromatic heterocycles. The third kappa shape index (κ3) is 3.61. The lowest BCUT2D eigenvalue weighted by atomic mass is 10.3. The molecule has 6 heteroatoms. The van der Waals surface area contributed by atoms with E-state index in [1.165, 1.54) is 11.8 Å². The number of hydrogen-bond acceptors (Lipinski definition) is 5. The summed E-state index contributed by atoms with van der Waals surface area (Å²) in [5.74, 6) is 1.52. The van der Waals surface area contributed by atoms with Crippen LogP contribution in [0.4, 0.5) is 16.3 Å². The summed E-state index contributed by atoms with van der Waals surface area (Å²) in [5.41, 5.74) is 0.925. The molecule has 1 aliphatic heterocycles. The Morgan fingerprint density at radius 3 is 2.71 bits per heavy atom. The highest BCUT2D eigenvalue weighted by molar-refractivity contribution is 8.14. The molecule has 1 amide bonds. The number of hydrogen-bond donors (Lipinski definition) is 0. The van der Waals surface area contributed by atoms with E-state index in [2.05, 4.69) is 29.8 Å². The van der Waals surface area contributed by atoms with Crippen molar-refractivity contribution in [3.63, 3.8) is 0 Å². The van der Waals surface area contributed by atoms with E-state index in [0.717, 1.165) is 46.7 Å². The van der Waals surface area contributed by atoms with Crippen LogP contribution in [0.2, 0.25) is 0 Å². The van der Waals surface area contributed by atoms with Crippen molar-refractivity contribution in [3.05, 3.63) is 42.6 Å². The highest BCUT2D eigenvalue weighted by atomic mass is 32.2. The summed E-state index contributed by atoms with van der Waals surface area (Å²) in [7, 11) is 0. The molecular weight excluding hydrogens is 338 g/mol. The summed E-state index contributed by atoms with van der Waals surface area (Å²) in [6.07, 6.45) is 1.74. The number of carbonyl (C=O) groups excluding carboxylic acids is 1. The Bertz CT molecular complexity index is 673. The van der Waals surface area contributed by atoms with E-state index in [4.69, 9.17) is 0 Å². The van der Waals surface area contributed by atoms with Crippen LogP contribution in [-0.2, 0) is 0 Å². The number of benzene rings is 1. The first-order valence-electron chi connectivity index (χ1n) is 8.15. The lowest BCUT2D eigenvalue weighted by Gasteiger charge is -2.29. The smallest absolute Gasteiger partial charge is 0.291 e. The quantitative estimate of drug-likeness (QED) is 0.760. The van der Waals surface area contributed by atoms with Gasteiger partial charge in [-0.2, -0.15) is 0 Å². The molecule has 0 saturated carbocycles. The van der Waals surface area contributed by atoms with Gasteiger partial charge in [-0.15, -0.1) is 0 Å². The first-order valence-corrected chi connectivity index (χ1v) is 9.96. The maximum Gasteiger partial charge on any atom is 0.291 e. The SMILES string of the molecule is CCN(CC)CCSC(=O)N1c2ccccc2Sc2cccnc21. The number of fused-ring (bicyclic) bond motifs is 2. The van der Waals surface area contributed by atoms with E-state index in [-0.39, 0.29) is 5.24 Å². The van der Waals surface area contributed by atoms with Crippen molar-refractivity contribution >= 4 is 40.3 Å². The second-order valence-electron chi connectivity index (χ2n) is 5.37. The molecule has 0 fully saturated rings. The molecule has 1 aromatic carbocycles. The van der Waals surface area contributed by atoms with Crippen molar-refractivity contribution in [1.82, 2.24) is 9.88 Å². The molecule has 0 N–H and O–H groups in total. The molecule has 2 aromatic rings. The zero-order valence-electron chi connectivity index (χ0n) is 13.9. The minimum atomic E-state index is 0.0369. The van der Waals surface area contributed by atoms with Gasteiger partial charge in [-0.3, -0.25) is 9.69 Å². The first-order chi connectivity index (χ1) is 11.7. The van der Waals surface area contributed by atoms with Crippen LogP contribution < -0.4 is 4.90 Å². The maximum atomic E-state index is 12.9. The van der Waals surface area contributed by atoms with Crippen molar-refractivity contribution in [2.45, 2.75) is 23.6 Å². The van der Waals surface area contributed by atoms with E-state index in [0.29, 0.717) is 0 Å². The van der Waals surface area contributed by atoms with Gasteiger partial charge in [-0.1, -0.05) is 49.5 Å². The van der Waals surface area contributed by atoms with Crippen LogP contribution in [0.5, 0.6) is 0 Å². The van der Waals surface area contributed by atoms with Gasteiger partial charge in [0.25, 0.3) is 5.24 Å². The Kier molecular flexibility index (Phi) is 5.81. The number of nitrogens with zero attached hydrogens (tertiary/aromatic N) is 3. The summed E-state index contributed by atoms with van der Waals surface area (Å²) >= 11 is 3.03. The molecule has 0 saturated heterocycles. The summed E-state index contributed by atoms with van der Waals surface area (Å²) in [6.45, 7) is 7.24. The third-order valence-electron chi connectivity index (χ3n) is 4.00. The van der Waals surface area contributed by atoms with E-state index < -0.39 is 0 Å². The monoisotopic (exact) mass is 359 g/mol. The second-order valence-corrected chi connectivity index (χ2v) is 7.50. The number of thioether (sulfide) groups is 1. The molecule has 0 atom stereocenters. The lowest BCUT2D eigenvalue weighted by molar-refractivity contribution is 0.266. The first kappa shape index (κ1) is 17.3. The molecule has 126 valence electrons. The largest absolute Gasteiger partial charge is 0.303 e. The van der Waals surface area contributed by atoms with Crippen LogP contribution in [-0.4, -0.2) is 40.5 Å². The van der Waals surface area contributed by atoms with Crippen molar-refractivity contribution < 1.29 is 4.79 Å². The van der Waals surface area contributed by atoms with Gasteiger partial charge in [-0.25, -0.2) is 4.98 Å². The van der Waals surface area contributed by atoms with Gasteiger partial charge in [0.05, 0.1) is 10.6 Å². The van der Waals surface area contributed by atoms with Crippen molar-refractivity contribution in [2.24, 2.45) is 0 Å². The zero-order chi connectivity index (χ0) is 16.9. The van der Waals surface area contributed by atoms with Crippen molar-refractivity contribution in [2.75, 3.05) is 30.3 Å². The Balaban J connectivity index is 1.80. The number of rotatable bonds is 5. The fourth-order valence-electron chi connectivity index (χ4n) is 2.64. The lowest BCUT2D eigenvalue weighted by Crippen LogP contribution is -2.29. The van der Waals surface area contributed by atoms with Crippen LogP contribution in [0.25, 0.3) is 0 Å². The number of anilines is 2. The highest BCUT2D eigenvalue weighted by Crippen LogP contribution is 2.47. The van der Waals surface area contributed by atoms with E-state index >= 15 is 0 Å². The van der Waals surface area contributed by atoms with Crippen molar-refractivity contribution in [3.8, 4) is 0 Å². The maximum absolute atomic E-state index is 12.9. The van der Waals surface area contributed by atoms with Gasteiger partial charge in [-0.05, 0) is 37.4 Å². The third-order valence-corrected chi connectivity index (χ3v) is 5.92. The Labute approximate surface area is 151 Å². The van der Waals surface area contributed by atoms with Gasteiger partial charge >= 0.3 is 0 Å². The standard InChI is InChI=1S/C18H21N3OS2/c1-3-20(4-2)12-13-23-18(22)21-14-8-5-6-9-15(14)24-16-10-7-11-19-17(16)21/h5-11H,3-4,12-13H2,1-2H3. The molecule has 4 nitrogen and oxygen atoms in total. The molecular formula is C18H21N3OS2. The van der Waals surface area contributed by atoms with Crippen LogP contribution >= 0.6 is 23.5 Å². The van der Waals surface area contributed by atoms with E-state index in [1.807, 2.05) is 30.3 Å². The molecule has 0 aliphatic carbocycles. The van der Waals surface area contributed by atoms with Crippen LogP contribution in [0.15, 0.2) is 52.4 Å². The number of carbonyl (C=O) groups is 1. The van der Waals surface area contributed by atoms with Gasteiger partial charge in [0.2, 0.25) is 0 Å². The highest BCUT2D eigenvalue weighted by Gasteiger charge is 2.29. The summed E-state index contributed by atoms with van der Waals surface area (Å²) < 4.78 is 0. The molecule has 1 aliphatic rings. The summed E-state index contributed by atoms with van der Waals surface area (Å²) in [6, 6.07) is 11.9. The Hall–Kier alpha value is -1.50. The molecule has 0 spiro atoms. The fourth-order valence-corrected chi connectivity index (χ4v) is 4.51. The molecule has 0 bridgehead atoms. The molecule has 24 heavy (non-hydrogen) atoms. The molecule has 0 unspecified atom stereocenters. The van der Waals surface area contributed by atoms with Crippen molar-refractivity contribution in [1.29, 1.82) is 0 Å². The van der Waals surface area contributed by atoms with Crippen LogP contribution in [0, 0.1) is 0 Å². The van der Waals surface area contributed by atoms with Gasteiger partial charge in [0.15, 0.2) is 5.82 Å². The minimum absolute atomic E-state index is 0.0369. The average Bonchev–Trinajstić information content (AvgIpc) is 2.63. The Morgan fingerprint density at radius 2 is 1.92 bits per heavy atom. The van der Waals surface area contributed by atoms with E-state index in [9.17, 15) is 4.79 Å². The van der Waals surface area contributed by atoms with Gasteiger partial charge in [0.1, 0.15) is 0 Å². The second kappa shape index (κ2) is 8.05. The predicted molar refractivity (Wildman–Crippen MR) is 103 cm³/mol. The topological polar surface area (TPSA) is 36.4 Å². The molecule has 2 heterocycles. The Morgan fingerprint density at radius 1 is 1.17 bits per heavy atom. The fraction of sp³-hybridized carbons (Fsp3) is 0.333. The summed E-state index contributed by atoms with van der Waals surface area (Å²) in [5, 5.41) is 0.0369. The minimum Gasteiger partial charge on any atom is -0.303 e. The van der Waals surface area contributed by atoms with Crippen LogP contribution in [0.3, 0.4) is 0 Å². The van der Waals surface area contributed by atoms with Crippen LogP contribution in [0.1, 0.15) is 13.8 Å². The number of aromatic nitrogens is 1. The number of amides is 1. The molecule has 3 rings (SSSR count). The zero-order valence-corrected chi connectivity index (χ0v) is 15.6. The number of pyridine rings is 1. The van der Waals surface area contributed by atoms with Gasteiger partial charge < -0.3 is 4.90 Å². The predicted octanol–water partition coefficient (Wildman–Crippen LogP) is 4.88.